The minimum absolute atomic E-state index is 0.133. The van der Waals surface area contributed by atoms with Crippen LogP contribution in [0.4, 0.5) is 0 Å². The molecule has 0 heterocycles. The molecule has 0 radical (unpaired) electrons. The van der Waals surface area contributed by atoms with Crippen molar-refractivity contribution >= 4 is 17.5 Å². The van der Waals surface area contributed by atoms with E-state index in [9.17, 15) is 4.79 Å². The van der Waals surface area contributed by atoms with Crippen molar-refractivity contribution in [3.8, 4) is 5.75 Å². The summed E-state index contributed by atoms with van der Waals surface area (Å²) in [6, 6.07) is 6.66. The van der Waals surface area contributed by atoms with Gasteiger partial charge in [-0.1, -0.05) is 25.4 Å². The van der Waals surface area contributed by atoms with Gasteiger partial charge < -0.3 is 15.8 Å². The van der Waals surface area contributed by atoms with E-state index in [4.69, 9.17) is 22.1 Å². The van der Waals surface area contributed by atoms with Gasteiger partial charge in [0.2, 0.25) is 5.91 Å². The summed E-state index contributed by atoms with van der Waals surface area (Å²) in [6.07, 6.45) is 0.546. The van der Waals surface area contributed by atoms with Gasteiger partial charge in [0.15, 0.2) is 0 Å². The minimum Gasteiger partial charge on any atom is -0.489 e. The van der Waals surface area contributed by atoms with Crippen molar-refractivity contribution in [3.05, 3.63) is 29.3 Å². The van der Waals surface area contributed by atoms with Crippen LogP contribution in [-0.2, 0) is 4.79 Å². The highest BCUT2D eigenvalue weighted by Crippen LogP contribution is 2.16. The molecule has 1 aromatic rings. The summed E-state index contributed by atoms with van der Waals surface area (Å²) in [5, 5.41) is 3.47. The molecule has 20 heavy (non-hydrogen) atoms. The third-order valence-corrected chi connectivity index (χ3v) is 3.03. The van der Waals surface area contributed by atoms with Crippen LogP contribution in [-0.4, -0.2) is 24.6 Å². The third kappa shape index (κ3) is 6.26. The van der Waals surface area contributed by atoms with E-state index in [2.05, 4.69) is 5.32 Å². The Morgan fingerprint density at radius 1 is 1.30 bits per heavy atom. The number of amides is 1. The molecule has 1 unspecified atom stereocenters. The SMILES string of the molecule is CC(C)C[C@H](N)C(=O)NCC(C)Oc1ccc(Cl)cc1. The molecular weight excluding hydrogens is 276 g/mol. The Morgan fingerprint density at radius 2 is 1.90 bits per heavy atom. The molecule has 0 bridgehead atoms. The maximum absolute atomic E-state index is 11.8. The van der Waals surface area contributed by atoms with Crippen molar-refractivity contribution in [1.82, 2.24) is 5.32 Å². The molecule has 112 valence electrons. The smallest absolute Gasteiger partial charge is 0.237 e. The average molecular weight is 299 g/mol. The van der Waals surface area contributed by atoms with E-state index in [1.165, 1.54) is 0 Å². The van der Waals surface area contributed by atoms with Gasteiger partial charge in [0.25, 0.3) is 0 Å². The first-order valence-electron chi connectivity index (χ1n) is 6.84. The molecule has 3 N–H and O–H groups in total. The van der Waals surface area contributed by atoms with E-state index in [1.807, 2.05) is 20.8 Å². The van der Waals surface area contributed by atoms with Crippen LogP contribution in [0, 0.1) is 5.92 Å². The van der Waals surface area contributed by atoms with Crippen molar-refractivity contribution in [2.24, 2.45) is 11.7 Å². The largest absolute Gasteiger partial charge is 0.489 e. The summed E-state index contributed by atoms with van der Waals surface area (Å²) < 4.78 is 5.67. The summed E-state index contributed by atoms with van der Waals surface area (Å²) in [5.74, 6) is 0.992. The molecule has 1 aromatic carbocycles. The van der Waals surface area contributed by atoms with Gasteiger partial charge >= 0.3 is 0 Å². The molecule has 0 fully saturated rings. The zero-order valence-electron chi connectivity index (χ0n) is 12.2. The molecule has 0 aliphatic carbocycles. The van der Waals surface area contributed by atoms with Gasteiger partial charge in [-0.25, -0.2) is 0 Å². The van der Waals surface area contributed by atoms with E-state index >= 15 is 0 Å². The predicted molar refractivity (Wildman–Crippen MR) is 82.0 cm³/mol. The van der Waals surface area contributed by atoms with Crippen LogP contribution in [0.25, 0.3) is 0 Å². The van der Waals surface area contributed by atoms with Crippen molar-refractivity contribution in [2.45, 2.75) is 39.3 Å². The summed E-state index contributed by atoms with van der Waals surface area (Å²) in [4.78, 5) is 11.8. The first kappa shape index (κ1) is 16.8. The lowest BCUT2D eigenvalue weighted by atomic mass is 10.0. The van der Waals surface area contributed by atoms with Crippen molar-refractivity contribution in [3.63, 3.8) is 0 Å². The van der Waals surface area contributed by atoms with E-state index < -0.39 is 6.04 Å². The fourth-order valence-electron chi connectivity index (χ4n) is 1.78. The Morgan fingerprint density at radius 3 is 2.45 bits per heavy atom. The highest BCUT2D eigenvalue weighted by Gasteiger charge is 2.15. The van der Waals surface area contributed by atoms with Crippen LogP contribution in [0.5, 0.6) is 5.75 Å². The summed E-state index contributed by atoms with van der Waals surface area (Å²) >= 11 is 5.80. The number of nitrogens with one attached hydrogen (secondary N) is 1. The maximum Gasteiger partial charge on any atom is 0.237 e. The monoisotopic (exact) mass is 298 g/mol. The average Bonchev–Trinajstić information content (AvgIpc) is 2.38. The van der Waals surface area contributed by atoms with Crippen LogP contribution in [0.2, 0.25) is 5.02 Å². The summed E-state index contributed by atoms with van der Waals surface area (Å²) in [5.41, 5.74) is 5.81. The second-order valence-electron chi connectivity index (χ2n) is 5.36. The molecule has 0 aliphatic rings. The van der Waals surface area contributed by atoms with Crippen LogP contribution in [0.3, 0.4) is 0 Å². The van der Waals surface area contributed by atoms with Crippen LogP contribution < -0.4 is 15.8 Å². The van der Waals surface area contributed by atoms with Crippen LogP contribution in [0.1, 0.15) is 27.2 Å². The second kappa shape index (κ2) is 8.12. The number of nitrogens with two attached hydrogens (primary N) is 1. The van der Waals surface area contributed by atoms with Gasteiger partial charge in [0.1, 0.15) is 11.9 Å². The number of carbonyl (C=O) groups excluding carboxylic acids is 1. The number of carbonyl (C=O) groups is 1. The third-order valence-electron chi connectivity index (χ3n) is 2.78. The molecule has 1 rings (SSSR count). The molecule has 0 spiro atoms. The number of benzene rings is 1. The zero-order chi connectivity index (χ0) is 15.1. The maximum atomic E-state index is 11.8. The number of hydrogen-bond acceptors (Lipinski definition) is 3. The normalized spacial score (nSPS) is 13.9. The van der Waals surface area contributed by atoms with E-state index in [-0.39, 0.29) is 12.0 Å². The number of rotatable bonds is 7. The Kier molecular flexibility index (Phi) is 6.82. The highest BCUT2D eigenvalue weighted by atomic mass is 35.5. The van der Waals surface area contributed by atoms with Gasteiger partial charge in [-0.05, 0) is 43.5 Å². The van der Waals surface area contributed by atoms with Gasteiger partial charge in [-0.3, -0.25) is 4.79 Å². The molecule has 4 nitrogen and oxygen atoms in total. The molecule has 0 saturated heterocycles. The first-order chi connectivity index (χ1) is 9.38. The van der Waals surface area contributed by atoms with E-state index in [0.717, 1.165) is 5.75 Å². The predicted octanol–water partition coefficient (Wildman–Crippen LogP) is 2.60. The van der Waals surface area contributed by atoms with Gasteiger partial charge in [0, 0.05) is 5.02 Å². The molecule has 0 aromatic heterocycles. The highest BCUT2D eigenvalue weighted by molar-refractivity contribution is 6.30. The number of ether oxygens (including phenoxy) is 1. The van der Waals surface area contributed by atoms with Gasteiger partial charge in [0.05, 0.1) is 12.6 Å². The Labute approximate surface area is 125 Å². The molecule has 0 saturated carbocycles. The second-order valence-corrected chi connectivity index (χ2v) is 5.80. The summed E-state index contributed by atoms with van der Waals surface area (Å²) in [6.45, 7) is 6.40. The molecule has 2 atom stereocenters. The molecule has 1 amide bonds. The lowest BCUT2D eigenvalue weighted by Crippen LogP contribution is -2.44. The molecule has 5 heteroatoms. The van der Waals surface area contributed by atoms with Crippen molar-refractivity contribution < 1.29 is 9.53 Å². The first-order valence-corrected chi connectivity index (χ1v) is 7.21. The van der Waals surface area contributed by atoms with E-state index in [0.29, 0.717) is 23.9 Å². The number of hydrogen-bond donors (Lipinski definition) is 2. The Balaban J connectivity index is 2.34. The minimum atomic E-state index is -0.460. The van der Waals surface area contributed by atoms with Crippen LogP contribution in [0.15, 0.2) is 24.3 Å². The molecule has 0 aliphatic heterocycles. The molecular formula is C15H23ClN2O2. The van der Waals surface area contributed by atoms with Crippen molar-refractivity contribution in [1.29, 1.82) is 0 Å². The van der Waals surface area contributed by atoms with Gasteiger partial charge in [-0.2, -0.15) is 0 Å². The van der Waals surface area contributed by atoms with Crippen LogP contribution >= 0.6 is 11.6 Å². The summed E-state index contributed by atoms with van der Waals surface area (Å²) in [7, 11) is 0. The topological polar surface area (TPSA) is 64.4 Å². The lowest BCUT2D eigenvalue weighted by Gasteiger charge is -2.18. The quantitative estimate of drug-likeness (QED) is 0.813. The van der Waals surface area contributed by atoms with Crippen molar-refractivity contribution in [2.75, 3.05) is 6.54 Å². The fraction of sp³-hybridized carbons (Fsp3) is 0.533. The fourth-order valence-corrected chi connectivity index (χ4v) is 1.90. The standard InChI is InChI=1S/C15H23ClN2O2/c1-10(2)8-14(17)15(19)18-9-11(3)20-13-6-4-12(16)5-7-13/h4-7,10-11,14H,8-9,17H2,1-3H3,(H,18,19)/t11?,14-/m0/s1. The van der Waals surface area contributed by atoms with E-state index in [1.54, 1.807) is 24.3 Å². The lowest BCUT2D eigenvalue weighted by molar-refractivity contribution is -0.123. The Bertz CT molecular complexity index is 420. The van der Waals surface area contributed by atoms with Gasteiger partial charge in [-0.15, -0.1) is 0 Å². The Hall–Kier alpha value is -1.26. The number of halogens is 1. The zero-order valence-corrected chi connectivity index (χ0v) is 13.0.